The van der Waals surface area contributed by atoms with Gasteiger partial charge in [-0.2, -0.15) is 5.26 Å². The van der Waals surface area contributed by atoms with Crippen molar-refractivity contribution in [2.24, 2.45) is 0 Å². The van der Waals surface area contributed by atoms with Gasteiger partial charge in [0.1, 0.15) is 6.07 Å². The number of aryl methyl sites for hydroxylation is 1. The molecule has 0 saturated carbocycles. The molecule has 2 aromatic rings. The Hall–Kier alpha value is -1.72. The zero-order valence-electron chi connectivity index (χ0n) is 8.92. The summed E-state index contributed by atoms with van der Waals surface area (Å²) in [5.74, 6) is 0. The second-order valence-electron chi connectivity index (χ2n) is 3.56. The van der Waals surface area contributed by atoms with Gasteiger partial charge in [0, 0.05) is 16.3 Å². The van der Waals surface area contributed by atoms with Crippen LogP contribution in [0.2, 0.25) is 5.02 Å². The quantitative estimate of drug-likeness (QED) is 0.838. The van der Waals surface area contributed by atoms with Gasteiger partial charge in [-0.3, -0.25) is 0 Å². The Morgan fingerprint density at radius 2 is 2.19 bits per heavy atom. The highest BCUT2D eigenvalue weighted by atomic mass is 35.5. The molecule has 0 saturated heterocycles. The third-order valence-corrected chi connectivity index (χ3v) is 2.72. The molecule has 0 fully saturated rings. The smallest absolute Gasteiger partial charge is 0.101 e. The Bertz CT molecular complexity index is 549. The van der Waals surface area contributed by atoms with Crippen molar-refractivity contribution in [3.05, 3.63) is 46.6 Å². The van der Waals surface area contributed by atoms with Gasteiger partial charge in [-0.05, 0) is 24.6 Å². The Labute approximate surface area is 99.5 Å². The van der Waals surface area contributed by atoms with E-state index in [1.807, 2.05) is 30.3 Å². The van der Waals surface area contributed by atoms with Crippen molar-refractivity contribution in [3.8, 4) is 17.3 Å². The lowest BCUT2D eigenvalue weighted by molar-refractivity contribution is 1.07. The van der Waals surface area contributed by atoms with E-state index in [2.05, 4.69) is 18.0 Å². The van der Waals surface area contributed by atoms with Crippen LogP contribution in [0.4, 0.5) is 0 Å². The average molecular weight is 231 g/mol. The van der Waals surface area contributed by atoms with E-state index in [0.717, 1.165) is 23.4 Å². The normalized spacial score (nSPS) is 10.1. The summed E-state index contributed by atoms with van der Waals surface area (Å²) in [7, 11) is 0. The second kappa shape index (κ2) is 4.42. The van der Waals surface area contributed by atoms with E-state index in [1.165, 1.54) is 0 Å². The van der Waals surface area contributed by atoms with Crippen molar-refractivity contribution >= 4 is 11.6 Å². The van der Waals surface area contributed by atoms with Gasteiger partial charge in [-0.15, -0.1) is 0 Å². The monoisotopic (exact) mass is 230 g/mol. The molecule has 0 spiro atoms. The lowest BCUT2D eigenvalue weighted by Gasteiger charge is -1.99. The lowest BCUT2D eigenvalue weighted by Crippen LogP contribution is -1.82. The van der Waals surface area contributed by atoms with Crippen LogP contribution in [0, 0.1) is 11.3 Å². The van der Waals surface area contributed by atoms with E-state index in [0.29, 0.717) is 10.6 Å². The number of aromatic nitrogens is 1. The highest BCUT2D eigenvalue weighted by Crippen LogP contribution is 2.25. The highest BCUT2D eigenvalue weighted by molar-refractivity contribution is 6.30. The Kier molecular flexibility index (Phi) is 2.98. The first kappa shape index (κ1) is 10.8. The van der Waals surface area contributed by atoms with Gasteiger partial charge in [-0.25, -0.2) is 0 Å². The number of rotatable bonds is 2. The summed E-state index contributed by atoms with van der Waals surface area (Å²) >= 11 is 5.93. The molecule has 1 aromatic carbocycles. The molecule has 0 aliphatic carbocycles. The van der Waals surface area contributed by atoms with Crippen LogP contribution in [0.15, 0.2) is 30.3 Å². The molecule has 0 aliphatic rings. The first-order valence-corrected chi connectivity index (χ1v) is 5.50. The molecule has 1 N–H and O–H groups in total. The largest absolute Gasteiger partial charge is 0.357 e. The summed E-state index contributed by atoms with van der Waals surface area (Å²) in [6, 6.07) is 11.6. The fraction of sp³-hybridized carbons (Fsp3) is 0.154. The Morgan fingerprint density at radius 3 is 2.81 bits per heavy atom. The topological polar surface area (TPSA) is 39.6 Å². The summed E-state index contributed by atoms with van der Waals surface area (Å²) in [5.41, 5.74) is 3.52. The van der Waals surface area contributed by atoms with Crippen molar-refractivity contribution in [2.75, 3.05) is 0 Å². The van der Waals surface area contributed by atoms with E-state index < -0.39 is 0 Å². The van der Waals surface area contributed by atoms with Crippen LogP contribution in [0.1, 0.15) is 18.2 Å². The molecule has 3 heteroatoms. The van der Waals surface area contributed by atoms with Crippen LogP contribution in [0.3, 0.4) is 0 Å². The van der Waals surface area contributed by atoms with Crippen molar-refractivity contribution in [1.29, 1.82) is 5.26 Å². The molecule has 0 atom stereocenters. The summed E-state index contributed by atoms with van der Waals surface area (Å²) < 4.78 is 0. The van der Waals surface area contributed by atoms with Crippen molar-refractivity contribution in [3.63, 3.8) is 0 Å². The molecule has 0 unspecified atom stereocenters. The van der Waals surface area contributed by atoms with Crippen molar-refractivity contribution in [1.82, 2.24) is 4.98 Å². The molecule has 2 rings (SSSR count). The van der Waals surface area contributed by atoms with Crippen LogP contribution < -0.4 is 0 Å². The van der Waals surface area contributed by atoms with Crippen LogP contribution in [-0.4, -0.2) is 4.98 Å². The van der Waals surface area contributed by atoms with E-state index in [9.17, 15) is 0 Å². The zero-order chi connectivity index (χ0) is 11.5. The third-order valence-electron chi connectivity index (χ3n) is 2.49. The molecule has 80 valence electrons. The maximum atomic E-state index is 9.05. The molecule has 1 aromatic heterocycles. The van der Waals surface area contributed by atoms with Crippen molar-refractivity contribution < 1.29 is 0 Å². The number of H-pyrrole nitrogens is 1. The Balaban J connectivity index is 2.55. The molecule has 0 amide bonds. The van der Waals surface area contributed by atoms with Crippen LogP contribution in [0.5, 0.6) is 0 Å². The number of nitriles is 1. The summed E-state index contributed by atoms with van der Waals surface area (Å²) in [6.45, 7) is 2.05. The van der Waals surface area contributed by atoms with E-state index in [-0.39, 0.29) is 0 Å². The fourth-order valence-corrected chi connectivity index (χ4v) is 1.85. The minimum atomic E-state index is 0.666. The minimum Gasteiger partial charge on any atom is -0.357 e. The number of hydrogen-bond donors (Lipinski definition) is 1. The first-order chi connectivity index (χ1) is 7.74. The zero-order valence-corrected chi connectivity index (χ0v) is 9.67. The maximum Gasteiger partial charge on any atom is 0.101 e. The Morgan fingerprint density at radius 1 is 1.38 bits per heavy atom. The first-order valence-electron chi connectivity index (χ1n) is 5.12. The van der Waals surface area contributed by atoms with Crippen LogP contribution in [0.25, 0.3) is 11.3 Å². The fourth-order valence-electron chi connectivity index (χ4n) is 1.66. The number of nitrogens with zero attached hydrogens (tertiary/aromatic N) is 1. The van der Waals surface area contributed by atoms with Gasteiger partial charge in [0.2, 0.25) is 0 Å². The highest BCUT2D eigenvalue weighted by Gasteiger charge is 2.09. The van der Waals surface area contributed by atoms with E-state index in [1.54, 1.807) is 0 Å². The number of benzene rings is 1. The van der Waals surface area contributed by atoms with Gasteiger partial charge < -0.3 is 4.98 Å². The molecular weight excluding hydrogens is 220 g/mol. The number of halogens is 1. The number of hydrogen-bond acceptors (Lipinski definition) is 1. The van der Waals surface area contributed by atoms with Crippen molar-refractivity contribution in [2.45, 2.75) is 13.3 Å². The molecule has 0 aliphatic heterocycles. The molecule has 0 bridgehead atoms. The van der Waals surface area contributed by atoms with Gasteiger partial charge in [0.25, 0.3) is 0 Å². The molecule has 2 nitrogen and oxygen atoms in total. The average Bonchev–Trinajstić information content (AvgIpc) is 2.72. The summed E-state index contributed by atoms with van der Waals surface area (Å²) in [6.07, 6.45) is 0.884. The summed E-state index contributed by atoms with van der Waals surface area (Å²) in [4.78, 5) is 3.24. The standard InChI is InChI=1S/C13H11ClN2/c1-2-12-7-10(8-15)13(16-12)9-4-3-5-11(14)6-9/h3-7,16H,2H2,1H3. The van der Waals surface area contributed by atoms with Gasteiger partial charge in [0.05, 0.1) is 11.3 Å². The SMILES string of the molecule is CCc1cc(C#N)c(-c2cccc(Cl)c2)[nH]1. The third kappa shape index (κ3) is 1.95. The van der Waals surface area contributed by atoms with Gasteiger partial charge in [-0.1, -0.05) is 30.7 Å². The van der Waals surface area contributed by atoms with Gasteiger partial charge in [0.15, 0.2) is 0 Å². The van der Waals surface area contributed by atoms with Crippen LogP contribution >= 0.6 is 11.6 Å². The maximum absolute atomic E-state index is 9.05. The second-order valence-corrected chi connectivity index (χ2v) is 4.00. The molecule has 0 radical (unpaired) electrons. The number of aromatic amines is 1. The van der Waals surface area contributed by atoms with E-state index >= 15 is 0 Å². The molecular formula is C13H11ClN2. The molecule has 1 heterocycles. The summed E-state index contributed by atoms with van der Waals surface area (Å²) in [5, 5.41) is 9.73. The number of nitrogens with one attached hydrogen (secondary N) is 1. The molecule has 16 heavy (non-hydrogen) atoms. The van der Waals surface area contributed by atoms with Gasteiger partial charge >= 0.3 is 0 Å². The lowest BCUT2D eigenvalue weighted by atomic mass is 10.1. The van der Waals surface area contributed by atoms with E-state index in [4.69, 9.17) is 16.9 Å². The van der Waals surface area contributed by atoms with Crippen LogP contribution in [-0.2, 0) is 6.42 Å². The predicted octanol–water partition coefficient (Wildman–Crippen LogP) is 3.77. The predicted molar refractivity (Wildman–Crippen MR) is 65.3 cm³/mol. The minimum absolute atomic E-state index is 0.666.